The topological polar surface area (TPSA) is 52.8 Å². The van der Waals surface area contributed by atoms with Gasteiger partial charge >= 0.3 is 0 Å². The van der Waals surface area contributed by atoms with Crippen LogP contribution in [-0.4, -0.2) is 22.6 Å². The molecule has 3 nitrogen and oxygen atoms in total. The van der Waals surface area contributed by atoms with Gasteiger partial charge in [-0.3, -0.25) is 0 Å². The van der Waals surface area contributed by atoms with E-state index in [1.165, 1.54) is 56.9 Å². The van der Waals surface area contributed by atoms with E-state index in [9.17, 15) is 10.3 Å². The molecule has 0 heterocycles. The first-order valence-electron chi connectivity index (χ1n) is 12.9. The van der Waals surface area contributed by atoms with E-state index >= 15 is 0 Å². The fourth-order valence-electron chi connectivity index (χ4n) is 8.77. The minimum Gasteiger partial charge on any atom is -0.411 e. The summed E-state index contributed by atoms with van der Waals surface area (Å²) in [7, 11) is 0. The number of oxime groups is 1. The minimum atomic E-state index is -0.0423. The molecule has 0 unspecified atom stereocenters. The van der Waals surface area contributed by atoms with Crippen molar-refractivity contribution in [3.05, 3.63) is 11.6 Å². The molecule has 4 rings (SSSR count). The van der Waals surface area contributed by atoms with Crippen LogP contribution in [0.4, 0.5) is 0 Å². The van der Waals surface area contributed by atoms with Crippen LogP contribution in [0.25, 0.3) is 0 Å². The third-order valence-corrected chi connectivity index (χ3v) is 10.3. The molecule has 3 saturated carbocycles. The standard InChI is InChI=1S/C27H45NO2/c1-18(2)6-5-7-19(3)23-10-11-24-22-9-8-20-16-21(28-30)12-15-27(20,17-29)25(22)13-14-26(23,24)4/h16,18-19,22-25,29-30H,5-15,17H2,1-4H3/b28-21-/t19-,22+,23-,24+,25+,26-,27-/m1/s1. The summed E-state index contributed by atoms with van der Waals surface area (Å²) in [6, 6.07) is 0. The molecule has 0 bridgehead atoms. The summed E-state index contributed by atoms with van der Waals surface area (Å²) >= 11 is 0. The molecule has 0 saturated heterocycles. The molecule has 0 aliphatic heterocycles. The van der Waals surface area contributed by atoms with Gasteiger partial charge in [0.15, 0.2) is 0 Å². The van der Waals surface area contributed by atoms with E-state index in [0.717, 1.165) is 54.6 Å². The predicted octanol–water partition coefficient (Wildman–Crippen LogP) is 6.83. The third kappa shape index (κ3) is 3.57. The zero-order valence-electron chi connectivity index (χ0n) is 19.9. The molecule has 0 radical (unpaired) electrons. The van der Waals surface area contributed by atoms with Crippen molar-refractivity contribution in [2.45, 2.75) is 98.3 Å². The van der Waals surface area contributed by atoms with Gasteiger partial charge in [-0.15, -0.1) is 0 Å². The molecule has 3 heteroatoms. The van der Waals surface area contributed by atoms with Gasteiger partial charge in [-0.25, -0.2) is 0 Å². The van der Waals surface area contributed by atoms with E-state index in [-0.39, 0.29) is 12.0 Å². The highest BCUT2D eigenvalue weighted by atomic mass is 16.4. The summed E-state index contributed by atoms with van der Waals surface area (Å²) in [5, 5.41) is 23.4. The van der Waals surface area contributed by atoms with Gasteiger partial charge in [0.1, 0.15) is 0 Å². The average Bonchev–Trinajstić information content (AvgIpc) is 3.09. The number of hydrogen-bond donors (Lipinski definition) is 2. The molecular formula is C27H45NO2. The van der Waals surface area contributed by atoms with Gasteiger partial charge in [-0.05, 0) is 98.4 Å². The van der Waals surface area contributed by atoms with Crippen molar-refractivity contribution in [2.24, 2.45) is 51.5 Å². The van der Waals surface area contributed by atoms with Crippen LogP contribution in [0.2, 0.25) is 0 Å². The van der Waals surface area contributed by atoms with Crippen molar-refractivity contribution in [2.75, 3.05) is 6.61 Å². The lowest BCUT2D eigenvalue weighted by atomic mass is 9.46. The number of allylic oxidation sites excluding steroid dienone is 1. The Hall–Kier alpha value is -0.830. The molecule has 170 valence electrons. The Morgan fingerprint density at radius 1 is 1.03 bits per heavy atom. The number of fused-ring (bicyclic) bond motifs is 5. The lowest BCUT2D eigenvalue weighted by Crippen LogP contribution is -2.53. The number of hydrogen-bond acceptors (Lipinski definition) is 3. The summed E-state index contributed by atoms with van der Waals surface area (Å²) in [6.07, 6.45) is 15.8. The van der Waals surface area contributed by atoms with Crippen LogP contribution < -0.4 is 0 Å². The van der Waals surface area contributed by atoms with E-state index in [1.54, 1.807) is 0 Å². The normalized spacial score (nSPS) is 43.1. The molecule has 0 aromatic carbocycles. The van der Waals surface area contributed by atoms with E-state index in [2.05, 4.69) is 38.9 Å². The maximum atomic E-state index is 10.6. The van der Waals surface area contributed by atoms with Gasteiger partial charge in [0.2, 0.25) is 0 Å². The van der Waals surface area contributed by atoms with Crippen LogP contribution in [0.1, 0.15) is 98.3 Å². The van der Waals surface area contributed by atoms with Gasteiger partial charge in [0.05, 0.1) is 12.3 Å². The number of aliphatic hydroxyl groups is 1. The maximum absolute atomic E-state index is 10.6. The zero-order valence-corrected chi connectivity index (χ0v) is 19.9. The smallest absolute Gasteiger partial charge is 0.0795 e. The van der Waals surface area contributed by atoms with E-state index in [4.69, 9.17) is 0 Å². The highest BCUT2D eigenvalue weighted by Gasteiger charge is 2.60. The van der Waals surface area contributed by atoms with Crippen molar-refractivity contribution >= 4 is 5.71 Å². The number of rotatable bonds is 6. The predicted molar refractivity (Wildman–Crippen MR) is 124 cm³/mol. The van der Waals surface area contributed by atoms with Crippen LogP contribution in [0.15, 0.2) is 16.8 Å². The highest BCUT2D eigenvalue weighted by molar-refractivity contribution is 5.96. The molecule has 3 fully saturated rings. The third-order valence-electron chi connectivity index (χ3n) is 10.3. The summed E-state index contributed by atoms with van der Waals surface area (Å²) < 4.78 is 0. The largest absolute Gasteiger partial charge is 0.411 e. The first-order valence-corrected chi connectivity index (χ1v) is 12.9. The fraction of sp³-hybridized carbons (Fsp3) is 0.889. The molecule has 0 aromatic rings. The van der Waals surface area contributed by atoms with Gasteiger partial charge in [-0.1, -0.05) is 57.7 Å². The summed E-state index contributed by atoms with van der Waals surface area (Å²) in [5.74, 6) is 4.79. The van der Waals surface area contributed by atoms with Crippen LogP contribution >= 0.6 is 0 Å². The quantitative estimate of drug-likeness (QED) is 0.369. The Balaban J connectivity index is 1.52. The summed E-state index contributed by atoms with van der Waals surface area (Å²) in [4.78, 5) is 0. The van der Waals surface area contributed by atoms with Crippen molar-refractivity contribution in [3.63, 3.8) is 0 Å². The van der Waals surface area contributed by atoms with Crippen molar-refractivity contribution in [1.29, 1.82) is 0 Å². The molecule has 7 atom stereocenters. The van der Waals surface area contributed by atoms with Gasteiger partial charge < -0.3 is 10.3 Å². The molecule has 30 heavy (non-hydrogen) atoms. The maximum Gasteiger partial charge on any atom is 0.0795 e. The lowest BCUT2D eigenvalue weighted by molar-refractivity contribution is -0.0780. The highest BCUT2D eigenvalue weighted by Crippen LogP contribution is 2.67. The zero-order chi connectivity index (χ0) is 21.5. The molecule has 4 aliphatic rings. The van der Waals surface area contributed by atoms with Crippen LogP contribution in [-0.2, 0) is 0 Å². The van der Waals surface area contributed by atoms with E-state index in [1.807, 2.05) is 0 Å². The first-order chi connectivity index (χ1) is 14.4. The van der Waals surface area contributed by atoms with Crippen LogP contribution in [0.3, 0.4) is 0 Å². The fourth-order valence-corrected chi connectivity index (χ4v) is 8.77. The molecule has 0 aromatic heterocycles. The summed E-state index contributed by atoms with van der Waals surface area (Å²) in [5.41, 5.74) is 2.65. The Bertz CT molecular complexity index is 682. The van der Waals surface area contributed by atoms with Crippen molar-refractivity contribution < 1.29 is 10.3 Å². The second kappa shape index (κ2) is 8.60. The second-order valence-electron chi connectivity index (χ2n) is 12.0. The molecule has 0 spiro atoms. The van der Waals surface area contributed by atoms with Crippen LogP contribution in [0.5, 0.6) is 0 Å². The Morgan fingerprint density at radius 2 is 1.83 bits per heavy atom. The van der Waals surface area contributed by atoms with Gasteiger partial charge in [0.25, 0.3) is 0 Å². The molecule has 2 N–H and O–H groups in total. The molecular weight excluding hydrogens is 370 g/mol. The van der Waals surface area contributed by atoms with Crippen molar-refractivity contribution in [3.8, 4) is 0 Å². The van der Waals surface area contributed by atoms with Gasteiger partial charge in [0, 0.05) is 5.41 Å². The van der Waals surface area contributed by atoms with E-state index < -0.39 is 0 Å². The number of aliphatic hydroxyl groups excluding tert-OH is 1. The average molecular weight is 416 g/mol. The Morgan fingerprint density at radius 3 is 2.53 bits per heavy atom. The second-order valence-corrected chi connectivity index (χ2v) is 12.0. The summed E-state index contributed by atoms with van der Waals surface area (Å²) in [6.45, 7) is 10.2. The molecule has 0 amide bonds. The lowest BCUT2D eigenvalue weighted by Gasteiger charge is -2.59. The van der Waals surface area contributed by atoms with E-state index in [0.29, 0.717) is 11.3 Å². The first kappa shape index (κ1) is 22.4. The minimum absolute atomic E-state index is 0.0423. The van der Waals surface area contributed by atoms with Crippen molar-refractivity contribution in [1.82, 2.24) is 0 Å². The Kier molecular flexibility index (Phi) is 6.41. The monoisotopic (exact) mass is 415 g/mol. The number of nitrogens with zero attached hydrogens (tertiary/aromatic N) is 1. The SMILES string of the molecule is CC(C)CCC[C@@H](C)[C@H]1CC[C@H]2[C@@H]3CCC4=C/C(=N\O)CC[C@]4(CO)[C@H]3CC[C@]12C. The Labute approximate surface area is 184 Å². The van der Waals surface area contributed by atoms with Gasteiger partial charge in [-0.2, -0.15) is 0 Å². The van der Waals surface area contributed by atoms with Crippen LogP contribution in [0, 0.1) is 46.3 Å². The molecule has 4 aliphatic carbocycles.